The number of hydrazone groups is 1. The number of esters is 1. The van der Waals surface area contributed by atoms with Gasteiger partial charge in [-0.1, -0.05) is 24.3 Å². The summed E-state index contributed by atoms with van der Waals surface area (Å²) in [6, 6.07) is 19.2. The molecule has 0 fully saturated rings. The van der Waals surface area contributed by atoms with Crippen LogP contribution in [-0.2, 0) is 11.2 Å². The highest BCUT2D eigenvalue weighted by Gasteiger charge is 2.12. The number of benzene rings is 3. The van der Waals surface area contributed by atoms with Gasteiger partial charge in [-0.15, -0.1) is 6.58 Å². The molecule has 0 saturated heterocycles. The van der Waals surface area contributed by atoms with E-state index in [0.717, 1.165) is 5.56 Å². The van der Waals surface area contributed by atoms with Crippen LogP contribution in [0.2, 0.25) is 0 Å². The Morgan fingerprint density at radius 1 is 1.06 bits per heavy atom. The number of allylic oxidation sites excluding steroid dienone is 1. The topological polar surface area (TPSA) is 86.2 Å². The molecule has 0 unspecified atom stereocenters. The minimum atomic E-state index is -0.465. The lowest BCUT2D eigenvalue weighted by Crippen LogP contribution is -2.24. The molecule has 3 aromatic rings. The Balaban J connectivity index is 1.49. The Bertz CT molecular complexity index is 1190. The summed E-state index contributed by atoms with van der Waals surface area (Å²) in [5, 5.41) is 3.92. The summed E-state index contributed by atoms with van der Waals surface area (Å²) in [6.07, 6.45) is 3.98. The summed E-state index contributed by atoms with van der Waals surface area (Å²) < 4.78 is 16.9. The van der Waals surface area contributed by atoms with Gasteiger partial charge in [0.2, 0.25) is 0 Å². The van der Waals surface area contributed by atoms with Crippen LogP contribution >= 0.6 is 15.9 Å². The Labute approximate surface area is 206 Å². The smallest absolute Gasteiger partial charge is 0.344 e. The lowest BCUT2D eigenvalue weighted by molar-refractivity contribution is -0.123. The van der Waals surface area contributed by atoms with Crippen LogP contribution in [0, 0.1) is 0 Å². The monoisotopic (exact) mass is 522 g/mol. The van der Waals surface area contributed by atoms with E-state index in [1.165, 1.54) is 13.3 Å². The maximum Gasteiger partial charge on any atom is 0.344 e. The first-order valence-corrected chi connectivity index (χ1v) is 11.1. The zero-order valence-electron chi connectivity index (χ0n) is 18.5. The molecule has 0 atom stereocenters. The predicted octanol–water partition coefficient (Wildman–Crippen LogP) is 4.93. The number of carbonyl (C=O) groups is 2. The first-order valence-electron chi connectivity index (χ1n) is 10.3. The number of hydrogen-bond donors (Lipinski definition) is 1. The van der Waals surface area contributed by atoms with Crippen molar-refractivity contribution in [2.24, 2.45) is 5.10 Å². The molecule has 0 spiro atoms. The molecular formula is C26H23BrN2O5. The van der Waals surface area contributed by atoms with Gasteiger partial charge in [0.15, 0.2) is 18.1 Å². The van der Waals surface area contributed by atoms with Gasteiger partial charge >= 0.3 is 5.97 Å². The van der Waals surface area contributed by atoms with Gasteiger partial charge in [-0.05, 0) is 82.0 Å². The molecule has 0 bridgehead atoms. The SMILES string of the molecule is C=CCc1ccc(OCC(=O)N/N=C\c2ccc(OC(=O)c3ccccc3Br)cc2)c(OC)c1. The number of amides is 1. The average molecular weight is 523 g/mol. The molecule has 0 saturated carbocycles. The summed E-state index contributed by atoms with van der Waals surface area (Å²) in [4.78, 5) is 24.3. The molecule has 174 valence electrons. The van der Waals surface area contributed by atoms with E-state index in [0.29, 0.717) is 39.3 Å². The second-order valence-corrected chi connectivity index (χ2v) is 7.85. The van der Waals surface area contributed by atoms with Crippen LogP contribution in [0.5, 0.6) is 17.2 Å². The van der Waals surface area contributed by atoms with E-state index in [4.69, 9.17) is 14.2 Å². The number of nitrogens with zero attached hydrogens (tertiary/aromatic N) is 1. The second kappa shape index (κ2) is 12.4. The quantitative estimate of drug-likeness (QED) is 0.134. The Kier molecular flexibility index (Phi) is 8.99. The molecule has 1 amide bonds. The van der Waals surface area contributed by atoms with Crippen LogP contribution in [-0.4, -0.2) is 31.8 Å². The van der Waals surface area contributed by atoms with Crippen molar-refractivity contribution in [1.82, 2.24) is 5.43 Å². The molecule has 0 aromatic heterocycles. The summed E-state index contributed by atoms with van der Waals surface area (Å²) >= 11 is 3.33. The zero-order valence-corrected chi connectivity index (χ0v) is 20.1. The largest absolute Gasteiger partial charge is 0.493 e. The van der Waals surface area contributed by atoms with Crippen molar-refractivity contribution in [2.45, 2.75) is 6.42 Å². The van der Waals surface area contributed by atoms with E-state index < -0.39 is 11.9 Å². The first-order chi connectivity index (χ1) is 16.5. The highest BCUT2D eigenvalue weighted by molar-refractivity contribution is 9.10. The average Bonchev–Trinajstić information content (AvgIpc) is 2.84. The predicted molar refractivity (Wildman–Crippen MR) is 134 cm³/mol. The number of carbonyl (C=O) groups excluding carboxylic acids is 2. The maximum absolute atomic E-state index is 12.3. The van der Waals surface area contributed by atoms with Crippen molar-refractivity contribution in [2.75, 3.05) is 13.7 Å². The summed E-state index contributed by atoms with van der Waals surface area (Å²) in [7, 11) is 1.54. The van der Waals surface area contributed by atoms with Crippen molar-refractivity contribution in [3.8, 4) is 17.2 Å². The Morgan fingerprint density at radius 2 is 1.82 bits per heavy atom. The third-order valence-electron chi connectivity index (χ3n) is 4.55. The Morgan fingerprint density at radius 3 is 2.53 bits per heavy atom. The van der Waals surface area contributed by atoms with E-state index in [2.05, 4.69) is 33.0 Å². The summed E-state index contributed by atoms with van der Waals surface area (Å²) in [6.45, 7) is 3.49. The molecule has 0 aliphatic heterocycles. The fourth-order valence-corrected chi connectivity index (χ4v) is 3.34. The maximum atomic E-state index is 12.3. The van der Waals surface area contributed by atoms with E-state index in [-0.39, 0.29) is 6.61 Å². The molecule has 34 heavy (non-hydrogen) atoms. The van der Waals surface area contributed by atoms with E-state index >= 15 is 0 Å². The molecular weight excluding hydrogens is 500 g/mol. The molecule has 0 aliphatic carbocycles. The van der Waals surface area contributed by atoms with Gasteiger partial charge in [0.1, 0.15) is 5.75 Å². The van der Waals surface area contributed by atoms with Gasteiger partial charge in [-0.3, -0.25) is 4.79 Å². The fourth-order valence-electron chi connectivity index (χ4n) is 2.89. The number of methoxy groups -OCH3 is 1. The summed E-state index contributed by atoms with van der Waals surface area (Å²) in [5.41, 5.74) is 4.58. The van der Waals surface area contributed by atoms with Gasteiger partial charge in [-0.2, -0.15) is 5.10 Å². The Hall–Kier alpha value is -3.91. The van der Waals surface area contributed by atoms with Crippen molar-refractivity contribution >= 4 is 34.0 Å². The van der Waals surface area contributed by atoms with E-state index in [9.17, 15) is 9.59 Å². The number of hydrogen-bond acceptors (Lipinski definition) is 6. The molecule has 0 aliphatic rings. The number of nitrogens with one attached hydrogen (secondary N) is 1. The number of halogens is 1. The van der Waals surface area contributed by atoms with Gasteiger partial charge in [0.05, 0.1) is 18.9 Å². The summed E-state index contributed by atoms with van der Waals surface area (Å²) in [5.74, 6) is 0.502. The lowest BCUT2D eigenvalue weighted by Gasteiger charge is -2.11. The zero-order chi connectivity index (χ0) is 24.3. The minimum Gasteiger partial charge on any atom is -0.493 e. The van der Waals surface area contributed by atoms with Crippen LogP contribution in [0.15, 0.2) is 89.0 Å². The molecule has 3 rings (SSSR count). The normalized spacial score (nSPS) is 10.5. The van der Waals surface area contributed by atoms with Crippen LogP contribution in [0.25, 0.3) is 0 Å². The fraction of sp³-hybridized carbons (Fsp3) is 0.115. The van der Waals surface area contributed by atoms with E-state index in [1.807, 2.05) is 18.2 Å². The lowest BCUT2D eigenvalue weighted by atomic mass is 10.1. The second-order valence-electron chi connectivity index (χ2n) is 7.00. The third-order valence-corrected chi connectivity index (χ3v) is 5.25. The minimum absolute atomic E-state index is 0.224. The highest BCUT2D eigenvalue weighted by atomic mass is 79.9. The van der Waals surface area contributed by atoms with Crippen LogP contribution in [0.4, 0.5) is 0 Å². The number of ether oxygens (including phenoxy) is 3. The van der Waals surface area contributed by atoms with Gasteiger partial charge in [0, 0.05) is 4.47 Å². The van der Waals surface area contributed by atoms with Crippen LogP contribution in [0.3, 0.4) is 0 Å². The van der Waals surface area contributed by atoms with Crippen molar-refractivity contribution in [3.05, 3.63) is 101 Å². The first kappa shape index (κ1) is 24.7. The van der Waals surface area contributed by atoms with Gasteiger partial charge in [0.25, 0.3) is 5.91 Å². The standard InChI is InChI=1S/C26H23BrN2O5/c1-3-6-18-11-14-23(24(15-18)32-2)33-17-25(30)29-28-16-19-9-12-20(13-10-19)34-26(31)21-7-4-5-8-22(21)27/h3-5,7-16H,1,6,17H2,2H3,(H,29,30)/b28-16-. The van der Waals surface area contributed by atoms with Crippen molar-refractivity contribution in [1.29, 1.82) is 0 Å². The van der Waals surface area contributed by atoms with Gasteiger partial charge < -0.3 is 14.2 Å². The molecule has 0 radical (unpaired) electrons. The van der Waals surface area contributed by atoms with Crippen LogP contribution in [0.1, 0.15) is 21.5 Å². The van der Waals surface area contributed by atoms with Crippen molar-refractivity contribution < 1.29 is 23.8 Å². The van der Waals surface area contributed by atoms with Gasteiger partial charge in [-0.25, -0.2) is 10.2 Å². The van der Waals surface area contributed by atoms with Crippen molar-refractivity contribution in [3.63, 3.8) is 0 Å². The molecule has 8 heteroatoms. The van der Waals surface area contributed by atoms with Crippen LogP contribution < -0.4 is 19.6 Å². The highest BCUT2D eigenvalue weighted by Crippen LogP contribution is 2.28. The van der Waals surface area contributed by atoms with E-state index in [1.54, 1.807) is 54.6 Å². The molecule has 3 aromatic carbocycles. The molecule has 0 heterocycles. The molecule has 1 N–H and O–H groups in total. The number of rotatable bonds is 10. The molecule has 7 nitrogen and oxygen atoms in total. The third kappa shape index (κ3) is 7.05.